The van der Waals surface area contributed by atoms with Crippen LogP contribution in [0.1, 0.15) is 14.5 Å². The summed E-state index contributed by atoms with van der Waals surface area (Å²) >= 11 is 2.74. The molecule has 7 heteroatoms. The van der Waals surface area contributed by atoms with Crippen LogP contribution in [-0.2, 0) is 4.94 Å². The van der Waals surface area contributed by atoms with Gasteiger partial charge in [0.25, 0.3) is 5.71 Å². The maximum Gasteiger partial charge on any atom is 0.289 e. The Bertz CT molecular complexity index is 590. The van der Waals surface area contributed by atoms with E-state index in [0.717, 1.165) is 4.88 Å². The molecule has 1 aliphatic rings. The first-order valence-corrected chi connectivity index (χ1v) is 6.91. The fourth-order valence-corrected chi connectivity index (χ4v) is 3.18. The molecule has 18 heavy (non-hydrogen) atoms. The molecule has 2 aromatic heterocycles. The van der Waals surface area contributed by atoms with Gasteiger partial charge in [0.15, 0.2) is 6.04 Å². The van der Waals surface area contributed by atoms with Gasteiger partial charge in [0, 0.05) is 0 Å². The van der Waals surface area contributed by atoms with Crippen LogP contribution in [0.4, 0.5) is 0 Å². The predicted molar refractivity (Wildman–Crippen MR) is 68.7 cm³/mol. The van der Waals surface area contributed by atoms with Gasteiger partial charge in [-0.25, -0.2) is 0 Å². The largest absolute Gasteiger partial charge is 0.320 e. The second kappa shape index (κ2) is 4.52. The smallest absolute Gasteiger partial charge is 0.289 e. The molecule has 0 aromatic carbocycles. The number of hydroxylamine groups is 1. The number of carbonyl (C=O) groups excluding carboxylic acids is 1. The third kappa shape index (κ3) is 1.82. The molecule has 5 nitrogen and oxygen atoms in total. The van der Waals surface area contributed by atoms with E-state index in [9.17, 15) is 10.0 Å². The lowest BCUT2D eigenvalue weighted by Crippen LogP contribution is -2.37. The van der Waals surface area contributed by atoms with Crippen molar-refractivity contribution in [2.45, 2.75) is 6.04 Å². The first kappa shape index (κ1) is 11.4. The Morgan fingerprint density at radius 3 is 2.78 bits per heavy atom. The molecule has 2 aromatic rings. The van der Waals surface area contributed by atoms with Crippen molar-refractivity contribution in [3.05, 3.63) is 50.0 Å². The molecule has 1 aliphatic heterocycles. The van der Waals surface area contributed by atoms with Crippen molar-refractivity contribution in [1.29, 1.82) is 0 Å². The molecule has 3 rings (SSSR count). The van der Waals surface area contributed by atoms with Crippen molar-refractivity contribution in [2.24, 2.45) is 0 Å². The summed E-state index contributed by atoms with van der Waals surface area (Å²) in [5.74, 6) is -0.160. The topological polar surface area (TPSA) is 64.4 Å². The van der Waals surface area contributed by atoms with Crippen molar-refractivity contribution in [1.82, 2.24) is 5.48 Å². The van der Waals surface area contributed by atoms with Crippen molar-refractivity contribution >= 4 is 34.2 Å². The Labute approximate surface area is 110 Å². The number of hydrogen-bond donors (Lipinski definition) is 1. The minimum atomic E-state index is -0.750. The van der Waals surface area contributed by atoms with Crippen LogP contribution in [0.15, 0.2) is 35.0 Å². The normalized spacial score (nSPS) is 19.0. The van der Waals surface area contributed by atoms with Crippen LogP contribution >= 0.6 is 22.7 Å². The number of rotatable bonds is 3. The van der Waals surface area contributed by atoms with E-state index in [4.69, 9.17) is 4.94 Å². The highest BCUT2D eigenvalue weighted by molar-refractivity contribution is 7.13. The third-order valence-electron chi connectivity index (χ3n) is 2.52. The molecular formula is C11H8N2O3S2. The van der Waals surface area contributed by atoms with Crippen molar-refractivity contribution in [3.8, 4) is 0 Å². The van der Waals surface area contributed by atoms with E-state index in [-0.39, 0.29) is 5.78 Å². The van der Waals surface area contributed by atoms with Crippen LogP contribution in [0, 0.1) is 5.21 Å². The molecule has 0 saturated carbocycles. The molecule has 0 aliphatic carbocycles. The van der Waals surface area contributed by atoms with Crippen LogP contribution in [0.2, 0.25) is 0 Å². The third-order valence-corrected chi connectivity index (χ3v) is 4.30. The lowest BCUT2D eigenvalue weighted by Gasteiger charge is -2.04. The van der Waals surface area contributed by atoms with E-state index in [2.05, 4.69) is 5.48 Å². The van der Waals surface area contributed by atoms with Crippen LogP contribution in [0.5, 0.6) is 0 Å². The number of nitrogens with zero attached hydrogens (tertiary/aromatic N) is 1. The standard InChI is InChI=1S/C11H8N2O3S2/c14-11(8-4-2-6-18-8)9-10(13(15)16-12-9)7-3-1-5-17-7/h1-6,9,12H. The number of carbonyl (C=O) groups is 1. The van der Waals surface area contributed by atoms with Gasteiger partial charge in [-0.1, -0.05) is 12.1 Å². The molecule has 0 amide bonds. The molecule has 0 bridgehead atoms. The minimum absolute atomic E-state index is 0.160. The van der Waals surface area contributed by atoms with Gasteiger partial charge in [0.05, 0.1) is 9.78 Å². The molecule has 3 heterocycles. The Morgan fingerprint density at radius 1 is 1.33 bits per heavy atom. The first-order valence-electron chi connectivity index (χ1n) is 5.15. The van der Waals surface area contributed by atoms with E-state index >= 15 is 0 Å². The molecular weight excluding hydrogens is 272 g/mol. The lowest BCUT2D eigenvalue weighted by molar-refractivity contribution is -0.748. The molecule has 1 unspecified atom stereocenters. The Balaban J connectivity index is 1.96. The van der Waals surface area contributed by atoms with Crippen LogP contribution in [-0.4, -0.2) is 22.4 Å². The van der Waals surface area contributed by atoms with E-state index in [1.807, 2.05) is 16.8 Å². The van der Waals surface area contributed by atoms with Crippen LogP contribution in [0.25, 0.3) is 0 Å². The summed E-state index contributed by atoms with van der Waals surface area (Å²) < 4.78 is 0. The highest BCUT2D eigenvalue weighted by atomic mass is 32.1. The van der Waals surface area contributed by atoms with Gasteiger partial charge in [-0.3, -0.25) is 10.0 Å². The summed E-state index contributed by atoms with van der Waals surface area (Å²) in [6.07, 6.45) is 0. The van der Waals surface area contributed by atoms with Gasteiger partial charge < -0.3 is 4.94 Å². The molecule has 0 fully saturated rings. The minimum Gasteiger partial charge on any atom is -0.320 e. The van der Waals surface area contributed by atoms with E-state index in [0.29, 0.717) is 15.5 Å². The zero-order valence-electron chi connectivity index (χ0n) is 9.03. The second-order valence-corrected chi connectivity index (χ2v) is 5.50. The Kier molecular flexibility index (Phi) is 2.86. The average Bonchev–Trinajstić information content (AvgIpc) is 3.09. The summed E-state index contributed by atoms with van der Waals surface area (Å²) in [6.45, 7) is 0. The average molecular weight is 280 g/mol. The summed E-state index contributed by atoms with van der Waals surface area (Å²) in [4.78, 5) is 18.6. The first-order chi connectivity index (χ1) is 8.77. The van der Waals surface area contributed by atoms with Gasteiger partial charge >= 0.3 is 0 Å². The number of ketones is 1. The molecule has 92 valence electrons. The van der Waals surface area contributed by atoms with Crippen molar-refractivity contribution < 1.29 is 14.6 Å². The zero-order valence-corrected chi connectivity index (χ0v) is 10.7. The Morgan fingerprint density at radius 2 is 2.11 bits per heavy atom. The van der Waals surface area contributed by atoms with E-state index in [1.165, 1.54) is 22.7 Å². The molecule has 0 radical (unpaired) electrons. The summed E-state index contributed by atoms with van der Waals surface area (Å²) in [5, 5.41) is 15.3. The molecule has 0 saturated heterocycles. The quantitative estimate of drug-likeness (QED) is 0.688. The number of thiophene rings is 2. The maximum atomic E-state index is 12.2. The fraction of sp³-hybridized carbons (Fsp3) is 0.0909. The number of nitrogens with one attached hydrogen (secondary N) is 1. The number of Topliss-reactive ketones (excluding diaryl/α,β-unsaturated/α-hetero) is 1. The summed E-state index contributed by atoms with van der Waals surface area (Å²) in [6, 6.07) is 6.39. The van der Waals surface area contributed by atoms with Gasteiger partial charge in [-0.2, -0.15) is 5.48 Å². The predicted octanol–water partition coefficient (Wildman–Crippen LogP) is 1.81. The van der Waals surface area contributed by atoms with Gasteiger partial charge in [-0.15, -0.1) is 22.7 Å². The summed E-state index contributed by atoms with van der Waals surface area (Å²) in [5.41, 5.74) is 2.78. The molecule has 1 atom stereocenters. The highest BCUT2D eigenvalue weighted by Gasteiger charge is 2.39. The van der Waals surface area contributed by atoms with Gasteiger partial charge in [0.1, 0.15) is 4.88 Å². The SMILES string of the molecule is O=C(c1cccs1)C1NO[N+]([O-])=C1c1cccs1. The van der Waals surface area contributed by atoms with Crippen molar-refractivity contribution in [2.75, 3.05) is 0 Å². The number of hydrogen-bond acceptors (Lipinski definition) is 6. The van der Waals surface area contributed by atoms with E-state index < -0.39 is 6.04 Å². The lowest BCUT2D eigenvalue weighted by atomic mass is 10.1. The fourth-order valence-electron chi connectivity index (χ4n) is 1.71. The van der Waals surface area contributed by atoms with E-state index in [1.54, 1.807) is 18.2 Å². The van der Waals surface area contributed by atoms with Crippen molar-refractivity contribution in [3.63, 3.8) is 0 Å². The second-order valence-electron chi connectivity index (χ2n) is 3.60. The van der Waals surface area contributed by atoms with Crippen LogP contribution < -0.4 is 5.48 Å². The summed E-state index contributed by atoms with van der Waals surface area (Å²) in [7, 11) is 0. The van der Waals surface area contributed by atoms with Crippen LogP contribution in [0.3, 0.4) is 0 Å². The van der Waals surface area contributed by atoms with Gasteiger partial charge in [-0.05, 0) is 22.9 Å². The maximum absolute atomic E-state index is 12.2. The highest BCUT2D eigenvalue weighted by Crippen LogP contribution is 2.20. The van der Waals surface area contributed by atoms with Gasteiger partial charge in [0.2, 0.25) is 5.78 Å². The monoisotopic (exact) mass is 280 g/mol. The molecule has 1 N–H and O–H groups in total. The Hall–Kier alpha value is -1.70. The molecule has 0 spiro atoms. The zero-order chi connectivity index (χ0) is 12.5.